The predicted molar refractivity (Wildman–Crippen MR) is 118 cm³/mol. The molecule has 2 amide bonds. The smallest absolute Gasteiger partial charge is 0.307 e. The van der Waals surface area contributed by atoms with Crippen molar-refractivity contribution in [1.82, 2.24) is 19.4 Å². The lowest BCUT2D eigenvalue weighted by Crippen LogP contribution is -2.54. The van der Waals surface area contributed by atoms with Gasteiger partial charge in [-0.05, 0) is 50.6 Å². The van der Waals surface area contributed by atoms with Crippen molar-refractivity contribution in [2.75, 3.05) is 29.8 Å². The number of aromatic nitrogens is 2. The van der Waals surface area contributed by atoms with Crippen molar-refractivity contribution in [3.8, 4) is 0 Å². The van der Waals surface area contributed by atoms with Gasteiger partial charge in [0.05, 0.1) is 22.9 Å². The Morgan fingerprint density at radius 1 is 1.39 bits per heavy atom. The Hall–Kier alpha value is -2.37. The van der Waals surface area contributed by atoms with Gasteiger partial charge in [-0.1, -0.05) is 18.5 Å². The molecule has 0 saturated carbocycles. The number of nitrogens with one attached hydrogen (secondary N) is 2. The van der Waals surface area contributed by atoms with E-state index in [1.54, 1.807) is 20.2 Å². The number of amides is 2. The molecule has 3 rings (SSSR count). The van der Waals surface area contributed by atoms with E-state index in [2.05, 4.69) is 15.1 Å². The third-order valence-electron chi connectivity index (χ3n) is 5.10. The molecule has 0 spiro atoms. The molecule has 0 aliphatic carbocycles. The van der Waals surface area contributed by atoms with Crippen LogP contribution in [0, 0.1) is 5.82 Å². The number of carbonyl (C=O) groups excluding carboxylic acids is 1. The number of anilines is 2. The van der Waals surface area contributed by atoms with Gasteiger partial charge < -0.3 is 10.2 Å². The van der Waals surface area contributed by atoms with E-state index in [0.29, 0.717) is 30.6 Å². The fraction of sp³-hybridized carbons (Fsp3) is 0.474. The monoisotopic (exact) mass is 472 g/mol. The molecule has 1 fully saturated rings. The van der Waals surface area contributed by atoms with E-state index in [9.17, 15) is 17.6 Å². The second-order valence-electron chi connectivity index (χ2n) is 7.57. The summed E-state index contributed by atoms with van der Waals surface area (Å²) >= 11 is 5.88. The lowest BCUT2D eigenvalue weighted by molar-refractivity contribution is 0.251. The van der Waals surface area contributed by atoms with Gasteiger partial charge in [0.25, 0.3) is 0 Å². The Labute approximate surface area is 186 Å². The molecule has 1 unspecified atom stereocenters. The molecular weight excluding hydrogens is 447 g/mol. The van der Waals surface area contributed by atoms with Gasteiger partial charge in [0, 0.05) is 25.5 Å². The largest absolute Gasteiger partial charge is 0.334 e. The number of halogens is 2. The highest BCUT2D eigenvalue weighted by molar-refractivity contribution is 7.91. The lowest BCUT2D eigenvalue weighted by Gasteiger charge is -2.37. The number of likely N-dealkylation sites (N-methyl/N-ethyl adjacent to an activating group) is 1. The average molecular weight is 473 g/mol. The summed E-state index contributed by atoms with van der Waals surface area (Å²) in [4.78, 5) is 14.6. The lowest BCUT2D eigenvalue weighted by atomic mass is 10.1. The third-order valence-corrected chi connectivity index (χ3v) is 6.85. The maximum atomic E-state index is 13.9. The Balaban J connectivity index is 1.83. The number of urea groups is 1. The number of hydrogen-bond acceptors (Lipinski definition) is 5. The van der Waals surface area contributed by atoms with E-state index in [-0.39, 0.29) is 16.8 Å². The molecule has 2 N–H and O–H groups in total. The van der Waals surface area contributed by atoms with Gasteiger partial charge in [0.2, 0.25) is 0 Å². The highest BCUT2D eigenvalue weighted by atomic mass is 35.5. The van der Waals surface area contributed by atoms with Crippen LogP contribution in [0.15, 0.2) is 24.5 Å². The SMILES string of the molecule is CCc1cc(NC(=O)NS(=O)(=O)N(c2cnn(C)c2)C2CCCN(C)C2)cc(Cl)c1F. The summed E-state index contributed by atoms with van der Waals surface area (Å²) in [6.45, 7) is 3.14. The summed E-state index contributed by atoms with van der Waals surface area (Å²) < 4.78 is 45.1. The van der Waals surface area contributed by atoms with Crippen LogP contribution in [-0.2, 0) is 23.7 Å². The Morgan fingerprint density at radius 2 is 2.13 bits per heavy atom. The molecule has 1 saturated heterocycles. The highest BCUT2D eigenvalue weighted by Crippen LogP contribution is 2.26. The quantitative estimate of drug-likeness (QED) is 0.673. The first kappa shape index (κ1) is 23.3. The normalized spacial score (nSPS) is 17.4. The average Bonchev–Trinajstić information content (AvgIpc) is 3.09. The fourth-order valence-corrected chi connectivity index (χ4v) is 5.26. The van der Waals surface area contributed by atoms with Crippen molar-refractivity contribution in [1.29, 1.82) is 0 Å². The molecule has 170 valence electrons. The summed E-state index contributed by atoms with van der Waals surface area (Å²) in [5.74, 6) is -0.563. The summed E-state index contributed by atoms with van der Waals surface area (Å²) in [6.07, 6.45) is 4.87. The number of benzene rings is 1. The van der Waals surface area contributed by atoms with Gasteiger partial charge in [-0.25, -0.2) is 18.2 Å². The summed E-state index contributed by atoms with van der Waals surface area (Å²) in [6, 6.07) is 1.32. The van der Waals surface area contributed by atoms with Gasteiger partial charge in [0.15, 0.2) is 0 Å². The molecule has 31 heavy (non-hydrogen) atoms. The zero-order valence-electron chi connectivity index (χ0n) is 17.6. The van der Waals surface area contributed by atoms with Crippen LogP contribution in [0.1, 0.15) is 25.3 Å². The fourth-order valence-electron chi connectivity index (χ4n) is 3.70. The molecule has 1 aromatic heterocycles. The van der Waals surface area contributed by atoms with E-state index >= 15 is 0 Å². The molecule has 1 aliphatic heterocycles. The van der Waals surface area contributed by atoms with Crippen LogP contribution in [0.4, 0.5) is 20.6 Å². The number of nitrogens with zero attached hydrogens (tertiary/aromatic N) is 4. The van der Waals surface area contributed by atoms with E-state index in [4.69, 9.17) is 11.6 Å². The zero-order valence-corrected chi connectivity index (χ0v) is 19.2. The van der Waals surface area contributed by atoms with E-state index in [0.717, 1.165) is 13.0 Å². The van der Waals surface area contributed by atoms with Gasteiger partial charge >= 0.3 is 16.2 Å². The van der Waals surface area contributed by atoms with Crippen molar-refractivity contribution in [3.63, 3.8) is 0 Å². The van der Waals surface area contributed by atoms with Crippen LogP contribution in [0.5, 0.6) is 0 Å². The van der Waals surface area contributed by atoms with E-state index in [1.807, 2.05) is 11.9 Å². The number of aryl methyl sites for hydroxylation is 2. The molecule has 12 heteroatoms. The molecule has 9 nitrogen and oxygen atoms in total. The van der Waals surface area contributed by atoms with Crippen molar-refractivity contribution in [2.45, 2.75) is 32.2 Å². The minimum atomic E-state index is -4.25. The minimum Gasteiger partial charge on any atom is -0.307 e. The second kappa shape index (κ2) is 9.41. The summed E-state index contributed by atoms with van der Waals surface area (Å²) in [5, 5.41) is 6.34. The van der Waals surface area contributed by atoms with Crippen LogP contribution in [0.3, 0.4) is 0 Å². The van der Waals surface area contributed by atoms with Crippen molar-refractivity contribution in [2.24, 2.45) is 7.05 Å². The summed E-state index contributed by atoms with van der Waals surface area (Å²) in [5.41, 5.74) is 0.871. The van der Waals surface area contributed by atoms with E-state index < -0.39 is 22.1 Å². The third kappa shape index (κ3) is 5.46. The van der Waals surface area contributed by atoms with Crippen LogP contribution in [0.2, 0.25) is 5.02 Å². The molecular formula is C19H26ClFN6O3S. The molecule has 1 aliphatic rings. The van der Waals surface area contributed by atoms with Gasteiger partial charge in [-0.3, -0.25) is 4.68 Å². The standard InChI is InChI=1S/C19H26ClFN6O3S/c1-4-13-8-14(9-17(20)18(13)21)23-19(28)24-31(29,30)27(16-10-22-26(3)12-16)15-6-5-7-25(2)11-15/h8-10,12,15H,4-7,11H2,1-3H3,(H2,23,24,28). The molecule has 2 aromatic rings. The van der Waals surface area contributed by atoms with Crippen LogP contribution >= 0.6 is 11.6 Å². The molecule has 1 aromatic carbocycles. The Bertz CT molecular complexity index is 1060. The Kier molecular flexibility index (Phi) is 7.07. The van der Waals surface area contributed by atoms with Crippen LogP contribution in [0.25, 0.3) is 0 Å². The second-order valence-corrected chi connectivity index (χ2v) is 9.53. The van der Waals surface area contributed by atoms with Crippen molar-refractivity contribution >= 4 is 39.2 Å². The van der Waals surface area contributed by atoms with Crippen LogP contribution in [-0.4, -0.2) is 55.3 Å². The van der Waals surface area contributed by atoms with Crippen molar-refractivity contribution in [3.05, 3.63) is 40.9 Å². The first-order valence-corrected chi connectivity index (χ1v) is 11.7. The first-order valence-electron chi connectivity index (χ1n) is 9.89. The highest BCUT2D eigenvalue weighted by Gasteiger charge is 2.34. The number of carbonyl (C=O) groups is 1. The van der Waals surface area contributed by atoms with Gasteiger partial charge in [0.1, 0.15) is 5.82 Å². The molecule has 1 atom stereocenters. The van der Waals surface area contributed by atoms with E-state index in [1.165, 1.54) is 27.3 Å². The number of rotatable bonds is 6. The molecule has 0 radical (unpaired) electrons. The maximum absolute atomic E-state index is 13.9. The number of hydrogen-bond donors (Lipinski definition) is 2. The van der Waals surface area contributed by atoms with Gasteiger partial charge in [-0.2, -0.15) is 13.5 Å². The first-order chi connectivity index (χ1) is 14.6. The van der Waals surface area contributed by atoms with Crippen LogP contribution < -0.4 is 14.3 Å². The molecule has 0 bridgehead atoms. The summed E-state index contributed by atoms with van der Waals surface area (Å²) in [7, 11) is -0.648. The molecule has 2 heterocycles. The number of piperidine rings is 1. The topological polar surface area (TPSA) is 99.6 Å². The van der Waals surface area contributed by atoms with Crippen molar-refractivity contribution < 1.29 is 17.6 Å². The Morgan fingerprint density at radius 3 is 2.74 bits per heavy atom. The predicted octanol–water partition coefficient (Wildman–Crippen LogP) is 2.74. The zero-order chi connectivity index (χ0) is 22.8. The minimum absolute atomic E-state index is 0.153. The van der Waals surface area contributed by atoms with Gasteiger partial charge in [-0.15, -0.1) is 0 Å². The maximum Gasteiger partial charge on any atom is 0.334 e. The number of likely N-dealkylation sites (tertiary alicyclic amines) is 1.